The largest absolute Gasteiger partial charge is 0.375 e. The van der Waals surface area contributed by atoms with E-state index < -0.39 is 0 Å². The molecule has 0 atom stereocenters. The molecule has 0 saturated carbocycles. The van der Waals surface area contributed by atoms with E-state index in [0.717, 1.165) is 5.82 Å². The van der Waals surface area contributed by atoms with Gasteiger partial charge in [0.05, 0.1) is 0 Å². The van der Waals surface area contributed by atoms with Crippen molar-refractivity contribution in [2.75, 3.05) is 14.1 Å². The van der Waals surface area contributed by atoms with Crippen molar-refractivity contribution in [2.45, 2.75) is 13.8 Å². The van der Waals surface area contributed by atoms with Crippen LogP contribution in [0.3, 0.4) is 0 Å². The minimum Gasteiger partial charge on any atom is -0.375 e. The topological polar surface area (TPSA) is 41.1 Å². The van der Waals surface area contributed by atoms with Gasteiger partial charge in [-0.15, -0.1) is 0 Å². The van der Waals surface area contributed by atoms with Crippen molar-refractivity contribution in [3.8, 4) is 0 Å². The molecular formula is C9H16N2O. The highest BCUT2D eigenvalue weighted by Crippen LogP contribution is 1.99. The van der Waals surface area contributed by atoms with Crippen LogP contribution in [0.2, 0.25) is 0 Å². The zero-order valence-corrected chi connectivity index (χ0v) is 8.06. The normalized spacial score (nSPS) is 9.67. The van der Waals surface area contributed by atoms with Gasteiger partial charge in [0.15, 0.2) is 5.78 Å². The van der Waals surface area contributed by atoms with Gasteiger partial charge in [-0.3, -0.25) is 4.79 Å². The van der Waals surface area contributed by atoms with Gasteiger partial charge in [0.1, 0.15) is 5.82 Å². The molecular weight excluding hydrogens is 152 g/mol. The van der Waals surface area contributed by atoms with Crippen LogP contribution >= 0.6 is 0 Å². The molecule has 68 valence electrons. The summed E-state index contributed by atoms with van der Waals surface area (Å²) < 4.78 is 0. The average Bonchev–Trinajstić information content (AvgIpc) is 2.07. The summed E-state index contributed by atoms with van der Waals surface area (Å²) in [4.78, 5) is 11.3. The molecule has 0 heterocycles. The Hall–Kier alpha value is -1.25. The molecule has 3 nitrogen and oxygen atoms in total. The van der Waals surface area contributed by atoms with Gasteiger partial charge in [0, 0.05) is 19.7 Å². The Bertz CT molecular complexity index is 211. The number of hydrogen-bond donors (Lipinski definition) is 2. The number of hydrogen-bond acceptors (Lipinski definition) is 3. The van der Waals surface area contributed by atoms with Gasteiger partial charge in [0.2, 0.25) is 0 Å². The molecule has 0 aliphatic carbocycles. The Morgan fingerprint density at radius 3 is 2.08 bits per heavy atom. The van der Waals surface area contributed by atoms with Crippen LogP contribution in [0.4, 0.5) is 0 Å². The van der Waals surface area contributed by atoms with Gasteiger partial charge in [0.25, 0.3) is 0 Å². The van der Waals surface area contributed by atoms with Crippen LogP contribution in [-0.4, -0.2) is 19.9 Å². The van der Waals surface area contributed by atoms with E-state index in [1.165, 1.54) is 0 Å². The number of nitrogens with one attached hydrogen (secondary N) is 2. The minimum absolute atomic E-state index is 0.0243. The number of carbonyl (C=O) groups is 1. The molecule has 3 heteroatoms. The van der Waals surface area contributed by atoms with Crippen molar-refractivity contribution in [1.29, 1.82) is 0 Å². The number of carbonyl (C=O) groups excluding carboxylic acids is 1. The summed E-state index contributed by atoms with van der Waals surface area (Å²) in [7, 11) is 3.55. The second-order valence-corrected chi connectivity index (χ2v) is 2.36. The number of ketones is 1. The van der Waals surface area contributed by atoms with E-state index in [-0.39, 0.29) is 5.78 Å². The average molecular weight is 168 g/mol. The first-order valence-corrected chi connectivity index (χ1v) is 3.90. The second-order valence-electron chi connectivity index (χ2n) is 2.36. The fourth-order valence-corrected chi connectivity index (χ4v) is 0.900. The van der Waals surface area contributed by atoms with Crippen molar-refractivity contribution in [3.05, 3.63) is 23.5 Å². The molecule has 2 N–H and O–H groups in total. The summed E-state index contributed by atoms with van der Waals surface area (Å²) in [5.41, 5.74) is 0.693. The van der Waals surface area contributed by atoms with Crippen LogP contribution in [0, 0.1) is 0 Å². The van der Waals surface area contributed by atoms with E-state index in [2.05, 4.69) is 10.6 Å². The number of rotatable bonds is 4. The highest BCUT2D eigenvalue weighted by atomic mass is 16.1. The highest BCUT2D eigenvalue weighted by molar-refractivity contribution is 6.03. The van der Waals surface area contributed by atoms with E-state index in [4.69, 9.17) is 0 Å². The molecule has 0 saturated heterocycles. The third-order valence-corrected chi connectivity index (χ3v) is 1.56. The summed E-state index contributed by atoms with van der Waals surface area (Å²) >= 11 is 0. The Labute approximate surface area is 73.5 Å². The Morgan fingerprint density at radius 1 is 1.25 bits per heavy atom. The van der Waals surface area contributed by atoms with E-state index in [1.54, 1.807) is 33.2 Å². The summed E-state index contributed by atoms with van der Waals surface area (Å²) in [5, 5.41) is 5.81. The van der Waals surface area contributed by atoms with Crippen LogP contribution in [0.15, 0.2) is 23.5 Å². The molecule has 0 radical (unpaired) electrons. The quantitative estimate of drug-likeness (QED) is 0.610. The van der Waals surface area contributed by atoms with Gasteiger partial charge in [-0.1, -0.05) is 6.08 Å². The van der Waals surface area contributed by atoms with E-state index in [0.29, 0.717) is 5.57 Å². The van der Waals surface area contributed by atoms with Crippen LogP contribution in [-0.2, 0) is 4.79 Å². The summed E-state index contributed by atoms with van der Waals surface area (Å²) in [6.45, 7) is 3.61. The van der Waals surface area contributed by atoms with Crippen LogP contribution < -0.4 is 10.6 Å². The second kappa shape index (κ2) is 5.41. The molecule has 0 unspecified atom stereocenters. The summed E-state index contributed by atoms with van der Waals surface area (Å²) in [5.74, 6) is 0.786. The third-order valence-electron chi connectivity index (χ3n) is 1.56. The van der Waals surface area contributed by atoms with Crippen LogP contribution in [0.1, 0.15) is 13.8 Å². The lowest BCUT2D eigenvalue weighted by Gasteiger charge is -2.08. The molecule has 0 fully saturated rings. The Morgan fingerprint density at radius 2 is 1.75 bits per heavy atom. The predicted octanol–water partition coefficient (Wildman–Crippen LogP) is 0.802. The monoisotopic (exact) mass is 168 g/mol. The molecule has 0 amide bonds. The first kappa shape index (κ1) is 10.8. The van der Waals surface area contributed by atoms with Crippen LogP contribution in [0.5, 0.6) is 0 Å². The predicted molar refractivity (Wildman–Crippen MR) is 50.6 cm³/mol. The van der Waals surface area contributed by atoms with E-state index in [9.17, 15) is 4.79 Å². The molecule has 0 aromatic rings. The van der Waals surface area contributed by atoms with Crippen molar-refractivity contribution < 1.29 is 4.79 Å². The maximum absolute atomic E-state index is 11.3. The molecule has 12 heavy (non-hydrogen) atoms. The first-order chi connectivity index (χ1) is 5.67. The SMILES string of the molecule is C/C=C/C(=O)C(C)=C(NC)NC. The van der Waals surface area contributed by atoms with Crippen LogP contribution in [0.25, 0.3) is 0 Å². The lowest BCUT2D eigenvalue weighted by molar-refractivity contribution is -0.111. The minimum atomic E-state index is 0.0243. The molecule has 0 bridgehead atoms. The molecule has 0 aliphatic rings. The Kier molecular flexibility index (Phi) is 4.84. The molecule has 0 spiro atoms. The van der Waals surface area contributed by atoms with Crippen molar-refractivity contribution >= 4 is 5.78 Å². The third kappa shape index (κ3) is 2.78. The highest BCUT2D eigenvalue weighted by Gasteiger charge is 2.04. The maximum Gasteiger partial charge on any atom is 0.184 e. The van der Waals surface area contributed by atoms with E-state index in [1.807, 2.05) is 6.92 Å². The van der Waals surface area contributed by atoms with E-state index >= 15 is 0 Å². The fourth-order valence-electron chi connectivity index (χ4n) is 0.900. The maximum atomic E-state index is 11.3. The lowest BCUT2D eigenvalue weighted by atomic mass is 10.2. The van der Waals surface area contributed by atoms with Crippen molar-refractivity contribution in [2.24, 2.45) is 0 Å². The molecule has 0 rings (SSSR count). The standard InChI is InChI=1S/C9H16N2O/c1-5-6-8(12)7(2)9(10-3)11-4/h5-6,10-11H,1-4H3/b6-5+. The first-order valence-electron chi connectivity index (χ1n) is 3.90. The lowest BCUT2D eigenvalue weighted by Crippen LogP contribution is -2.23. The number of allylic oxidation sites excluding steroid dienone is 3. The zero-order chi connectivity index (χ0) is 9.56. The Balaban J connectivity index is 4.62. The summed E-state index contributed by atoms with van der Waals surface area (Å²) in [6, 6.07) is 0. The fraction of sp³-hybridized carbons (Fsp3) is 0.444. The van der Waals surface area contributed by atoms with Crippen molar-refractivity contribution in [3.63, 3.8) is 0 Å². The van der Waals surface area contributed by atoms with Gasteiger partial charge < -0.3 is 10.6 Å². The zero-order valence-electron chi connectivity index (χ0n) is 8.06. The van der Waals surface area contributed by atoms with Gasteiger partial charge in [-0.25, -0.2) is 0 Å². The van der Waals surface area contributed by atoms with Gasteiger partial charge in [-0.05, 0) is 19.9 Å². The summed E-state index contributed by atoms with van der Waals surface area (Å²) in [6.07, 6.45) is 3.28. The van der Waals surface area contributed by atoms with Gasteiger partial charge in [-0.2, -0.15) is 0 Å². The smallest absolute Gasteiger partial charge is 0.184 e. The molecule has 0 aromatic carbocycles. The van der Waals surface area contributed by atoms with Gasteiger partial charge >= 0.3 is 0 Å². The van der Waals surface area contributed by atoms with Crippen molar-refractivity contribution in [1.82, 2.24) is 10.6 Å². The molecule has 0 aliphatic heterocycles. The molecule has 0 aromatic heterocycles.